The molecule has 0 saturated heterocycles. The summed E-state index contributed by atoms with van der Waals surface area (Å²) < 4.78 is 191. The number of hydrogen-bond donors (Lipinski definition) is 4. The largest absolute Gasteiger partial charge is 0.496 e. The van der Waals surface area contributed by atoms with E-state index in [4.69, 9.17) is 41.4 Å². The summed E-state index contributed by atoms with van der Waals surface area (Å²) in [7, 11) is -13.1. The average molecular weight is 1580 g/mol. The van der Waals surface area contributed by atoms with Gasteiger partial charge in [-0.2, -0.15) is 26.3 Å². The van der Waals surface area contributed by atoms with E-state index < -0.39 is 63.7 Å². The fraction of sp³-hybridized carbons (Fsp3) is 0.443. The van der Waals surface area contributed by atoms with Crippen LogP contribution in [0.3, 0.4) is 0 Å². The molecular formula is C79H92ClF7N6O10S4. The van der Waals surface area contributed by atoms with Crippen LogP contribution in [-0.4, -0.2) is 50.9 Å². The van der Waals surface area contributed by atoms with Gasteiger partial charge in [0.15, 0.2) is 0 Å². The fourth-order valence-electron chi connectivity index (χ4n) is 16.3. The minimum absolute atomic E-state index is 0.0300. The van der Waals surface area contributed by atoms with Crippen molar-refractivity contribution in [3.8, 4) is 5.75 Å². The molecule has 0 radical (unpaired) electrons. The molecule has 13 rings (SSSR count). The number of rotatable bonds is 21. The summed E-state index contributed by atoms with van der Waals surface area (Å²) in [6.45, 7) is 15.1. The number of benzene rings is 6. The Balaban J connectivity index is 0.000000153. The molecule has 578 valence electrons. The van der Waals surface area contributed by atoms with Gasteiger partial charge in [0.05, 0.1) is 37.9 Å². The Labute approximate surface area is 628 Å². The average Bonchev–Trinajstić information content (AvgIpc) is 1.54. The molecule has 6 aromatic carbocycles. The minimum Gasteiger partial charge on any atom is -0.496 e. The van der Waals surface area contributed by atoms with Crippen molar-refractivity contribution in [2.75, 3.05) is 7.11 Å². The molecule has 8 N–H and O–H groups in total. The Kier molecular flexibility index (Phi) is 24.2. The van der Waals surface area contributed by atoms with E-state index in [0.29, 0.717) is 71.0 Å². The summed E-state index contributed by atoms with van der Waals surface area (Å²) in [4.78, 5) is 3.98. The van der Waals surface area contributed by atoms with E-state index in [1.54, 1.807) is 55.6 Å². The molecule has 0 bridgehead atoms. The van der Waals surface area contributed by atoms with Crippen molar-refractivity contribution in [1.82, 2.24) is 10.1 Å². The minimum atomic E-state index is -4.43. The van der Waals surface area contributed by atoms with Gasteiger partial charge in [-0.1, -0.05) is 145 Å². The molecule has 8 unspecified atom stereocenters. The summed E-state index contributed by atoms with van der Waals surface area (Å²) in [5.41, 5.74) is 6.88. The van der Waals surface area contributed by atoms with E-state index in [1.165, 1.54) is 91.5 Å². The van der Waals surface area contributed by atoms with Gasteiger partial charge < -0.3 is 9.26 Å². The van der Waals surface area contributed by atoms with Crippen LogP contribution in [0.4, 0.5) is 30.7 Å². The van der Waals surface area contributed by atoms with E-state index in [2.05, 4.69) is 64.7 Å². The summed E-state index contributed by atoms with van der Waals surface area (Å²) in [6, 6.07) is 39.9. The normalized spacial score (nSPS) is 21.9. The van der Waals surface area contributed by atoms with Crippen LogP contribution in [0.25, 0.3) is 0 Å². The molecule has 8 atom stereocenters. The number of nitrogens with zero attached hydrogens (tertiary/aromatic N) is 2. The van der Waals surface area contributed by atoms with E-state index in [9.17, 15) is 64.4 Å². The maximum absolute atomic E-state index is 13.5. The first-order valence-corrected chi connectivity index (χ1v) is 42.0. The van der Waals surface area contributed by atoms with E-state index in [-0.39, 0.29) is 52.6 Å². The molecule has 0 amide bonds. The van der Waals surface area contributed by atoms with Gasteiger partial charge in [0.1, 0.15) is 23.0 Å². The highest BCUT2D eigenvalue weighted by Crippen LogP contribution is 2.74. The molecule has 5 fully saturated rings. The summed E-state index contributed by atoms with van der Waals surface area (Å²) in [5, 5.41) is 25.0. The number of sulfonamides is 4. The Morgan fingerprint density at radius 1 is 0.523 bits per heavy atom. The highest BCUT2D eigenvalue weighted by atomic mass is 35.5. The molecule has 5 aliphatic carbocycles. The van der Waals surface area contributed by atoms with Gasteiger partial charge in [0.25, 0.3) is 0 Å². The Bertz CT molecular complexity index is 4940. The zero-order chi connectivity index (χ0) is 78.4. The van der Waals surface area contributed by atoms with Crippen LogP contribution in [0.1, 0.15) is 192 Å². The summed E-state index contributed by atoms with van der Waals surface area (Å²) >= 11 is 5.98. The second-order valence-corrected chi connectivity index (χ2v) is 37.9. The lowest BCUT2D eigenvalue weighted by molar-refractivity contribution is -0.141. The van der Waals surface area contributed by atoms with Crippen LogP contribution in [0.15, 0.2) is 182 Å². The van der Waals surface area contributed by atoms with Crippen LogP contribution in [0, 0.1) is 45.7 Å². The van der Waals surface area contributed by atoms with Crippen molar-refractivity contribution >= 4 is 51.7 Å². The number of ether oxygens (including phenoxy) is 1. The number of aromatic nitrogens is 2. The first-order chi connectivity index (χ1) is 49.7. The van der Waals surface area contributed by atoms with Gasteiger partial charge in [-0.05, 0) is 246 Å². The maximum atomic E-state index is 13.5. The standard InChI is InChI=1S/C22H26FNO3S.C20H28N2O3S.C19H21F3N2O2S.C18H17ClF3NO2S/c1-27-20-14-17(23)8-4-15(20)7-11-19-21(22(19)12-2-3-13-22)16-5-9-18(10-6-16)28(24,25)26;1-19(2,3)17-12-14(22-25-17)8-11-16-18(20(16,4)5)13-6-9-15(10-7-13)26(21,23)24;1-18(2)15(9-3-12-4-10-16(24-11-12)19(20,21)22)17(18)13-5-7-14(8-6-13)27(23,25)26;19-17-10-14(18(20,21)22)6-3-12(17)1-2-13-9-16(13)11-4-7-15(8-5-11)26(23,24)25/h4-6,8-10,14,19,21H,2-3,7,11-13H2,1H3,(H2,24,25,26);6-7,9-10,12,16,18H,8,11H2,1-5H3,(H2,21,23,24);4-8,10-11,15,17H,3,9H2,1-2H3,(H2,23,25,26);3-8,10,13,16H,1-2,9H2,(H2,23,24,25). The molecule has 5 aliphatic rings. The number of hydrogen-bond acceptors (Lipinski definition) is 12. The van der Waals surface area contributed by atoms with Gasteiger partial charge in [-0.25, -0.2) is 58.6 Å². The van der Waals surface area contributed by atoms with Crippen LogP contribution in [-0.2, 0) is 83.5 Å². The van der Waals surface area contributed by atoms with Crippen molar-refractivity contribution in [2.24, 2.45) is 60.5 Å². The Morgan fingerprint density at radius 2 is 0.972 bits per heavy atom. The molecule has 28 heteroatoms. The molecule has 0 aliphatic heterocycles. The quantitative estimate of drug-likeness (QED) is 0.0489. The topological polar surface area (TPSA) is 289 Å². The Morgan fingerprint density at radius 3 is 1.39 bits per heavy atom. The molecule has 2 aromatic heterocycles. The maximum Gasteiger partial charge on any atom is 0.433 e. The van der Waals surface area contributed by atoms with Crippen LogP contribution < -0.4 is 25.3 Å². The summed E-state index contributed by atoms with van der Waals surface area (Å²) in [6.07, 6.45) is 5.05. The smallest absolute Gasteiger partial charge is 0.433 e. The highest BCUT2D eigenvalue weighted by molar-refractivity contribution is 7.90. The highest BCUT2D eigenvalue weighted by Gasteiger charge is 2.64. The number of aryl methyl sites for hydroxylation is 4. The first kappa shape index (κ1) is 82.4. The van der Waals surface area contributed by atoms with Gasteiger partial charge >= 0.3 is 12.4 Å². The molecule has 8 aromatic rings. The Hall–Kier alpha value is -7.08. The third-order valence-corrected chi connectivity index (χ3v) is 26.6. The lowest BCUT2D eigenvalue weighted by atomic mass is 9.93. The van der Waals surface area contributed by atoms with Gasteiger partial charge in [0, 0.05) is 28.8 Å². The number of methoxy groups -OCH3 is 1. The molecule has 5 saturated carbocycles. The van der Waals surface area contributed by atoms with Gasteiger partial charge in [0.2, 0.25) is 40.1 Å². The molecule has 1 spiro atoms. The number of primary sulfonamides is 4. The van der Waals surface area contributed by atoms with Crippen LogP contribution in [0.5, 0.6) is 5.75 Å². The van der Waals surface area contributed by atoms with Crippen LogP contribution in [0.2, 0.25) is 5.02 Å². The zero-order valence-corrected chi connectivity index (χ0v) is 64.8. The van der Waals surface area contributed by atoms with E-state index in [1.807, 2.05) is 30.3 Å². The molecule has 16 nitrogen and oxygen atoms in total. The van der Waals surface area contributed by atoms with Crippen molar-refractivity contribution in [1.29, 1.82) is 0 Å². The first-order valence-electron chi connectivity index (χ1n) is 35.4. The second kappa shape index (κ2) is 31.4. The lowest BCUT2D eigenvalue weighted by Gasteiger charge is -2.12. The number of halogens is 8. The van der Waals surface area contributed by atoms with Crippen LogP contribution >= 0.6 is 11.6 Å². The number of nitrogens with two attached hydrogens (primary N) is 4. The van der Waals surface area contributed by atoms with E-state index in [0.717, 1.165) is 96.9 Å². The SMILES string of the molecule is CC(C)(C)c1cc(CCC2C(c3ccc(S(N)(=O)=O)cc3)C2(C)C)no1.CC1(C)C(CCc2ccc(C(F)(F)F)nc2)C1c1ccc(S(N)(=O)=O)cc1.COc1cc(F)ccc1CCC1C(c2ccc(S(N)(=O)=O)cc2)C12CCCC2.NS(=O)(=O)c1ccc(C2CC2CCc2ccc(C(F)(F)F)cc2Cl)cc1. The summed E-state index contributed by atoms with van der Waals surface area (Å²) in [5.74, 6) is 4.59. The third-order valence-electron chi connectivity index (χ3n) is 22.6. The van der Waals surface area contributed by atoms with Crippen molar-refractivity contribution < 1.29 is 73.7 Å². The predicted molar refractivity (Wildman–Crippen MR) is 396 cm³/mol. The predicted octanol–water partition coefficient (Wildman–Crippen LogP) is 17.2. The van der Waals surface area contributed by atoms with Crippen molar-refractivity contribution in [3.05, 3.63) is 230 Å². The monoisotopic (exact) mass is 1580 g/mol. The lowest BCUT2D eigenvalue weighted by Crippen LogP contribution is -2.11. The van der Waals surface area contributed by atoms with E-state index >= 15 is 0 Å². The second-order valence-electron chi connectivity index (χ2n) is 31.3. The van der Waals surface area contributed by atoms with Crippen molar-refractivity contribution in [3.63, 3.8) is 0 Å². The van der Waals surface area contributed by atoms with Gasteiger partial charge in [-0.3, -0.25) is 4.98 Å². The molecule has 107 heavy (non-hydrogen) atoms. The number of pyridine rings is 1. The third kappa shape index (κ3) is 20.1. The number of alkyl halides is 6. The van der Waals surface area contributed by atoms with Crippen molar-refractivity contribution in [2.45, 2.75) is 193 Å². The molecular weight excluding hydrogens is 1490 g/mol. The zero-order valence-electron chi connectivity index (χ0n) is 60.8. The van der Waals surface area contributed by atoms with Gasteiger partial charge in [-0.15, -0.1) is 0 Å². The molecule has 2 heterocycles. The fourth-order valence-corrected chi connectivity index (χ4v) is 18.7.